The second kappa shape index (κ2) is 9.25. The fraction of sp³-hybridized carbons (Fsp3) is 0.0435. The normalized spacial score (nSPS) is 11.2. The van der Waals surface area contributed by atoms with Gasteiger partial charge in [-0.25, -0.2) is 9.78 Å². The van der Waals surface area contributed by atoms with Crippen molar-refractivity contribution in [2.24, 2.45) is 0 Å². The number of nitrogens with zero attached hydrogens (tertiary/aromatic N) is 1. The maximum atomic E-state index is 12.9. The molecule has 33 heavy (non-hydrogen) atoms. The molecule has 0 aliphatic carbocycles. The van der Waals surface area contributed by atoms with Gasteiger partial charge in [-0.2, -0.15) is 13.2 Å². The van der Waals surface area contributed by atoms with E-state index in [4.69, 9.17) is 16.3 Å². The van der Waals surface area contributed by atoms with E-state index in [0.29, 0.717) is 17.2 Å². The third kappa shape index (κ3) is 5.64. The number of carbonyl (C=O) groups is 1. The second-order valence-corrected chi connectivity index (χ2v) is 7.27. The molecule has 0 fully saturated rings. The molecular formula is C23H16ClF3N4O2. The summed E-state index contributed by atoms with van der Waals surface area (Å²) in [5.41, 5.74) is 0.262. The summed E-state index contributed by atoms with van der Waals surface area (Å²) in [5.74, 6) is 1.90. The van der Waals surface area contributed by atoms with Gasteiger partial charge in [0.1, 0.15) is 17.3 Å². The average Bonchev–Trinajstić information content (AvgIpc) is 3.31. The van der Waals surface area contributed by atoms with Crippen molar-refractivity contribution in [3.8, 4) is 22.9 Å². The lowest BCUT2D eigenvalue weighted by atomic mass is 10.2. The van der Waals surface area contributed by atoms with Crippen molar-refractivity contribution in [3.05, 3.63) is 89.7 Å². The number of rotatable bonds is 5. The Hall–Kier alpha value is -3.98. The van der Waals surface area contributed by atoms with Crippen molar-refractivity contribution in [2.75, 3.05) is 10.6 Å². The first kappa shape index (κ1) is 22.2. The number of amides is 2. The topological polar surface area (TPSA) is 79.0 Å². The Balaban J connectivity index is 1.36. The summed E-state index contributed by atoms with van der Waals surface area (Å²) in [7, 11) is 0. The molecule has 0 radical (unpaired) electrons. The van der Waals surface area contributed by atoms with Gasteiger partial charge >= 0.3 is 12.2 Å². The Morgan fingerprint density at radius 1 is 0.939 bits per heavy atom. The second-order valence-electron chi connectivity index (χ2n) is 6.86. The lowest BCUT2D eigenvalue weighted by Gasteiger charge is -2.13. The molecular weight excluding hydrogens is 457 g/mol. The average molecular weight is 473 g/mol. The van der Waals surface area contributed by atoms with Crippen LogP contribution in [0.4, 0.5) is 29.3 Å². The molecule has 4 aromatic rings. The molecule has 0 aliphatic heterocycles. The highest BCUT2D eigenvalue weighted by atomic mass is 35.5. The van der Waals surface area contributed by atoms with E-state index >= 15 is 0 Å². The summed E-state index contributed by atoms with van der Waals surface area (Å²) in [4.78, 5) is 19.4. The predicted octanol–water partition coefficient (Wildman–Crippen LogP) is 7.19. The monoisotopic (exact) mass is 472 g/mol. The summed E-state index contributed by atoms with van der Waals surface area (Å²) < 4.78 is 44.4. The lowest BCUT2D eigenvalue weighted by molar-refractivity contribution is -0.137. The number of alkyl halides is 3. The third-order valence-electron chi connectivity index (χ3n) is 4.52. The highest BCUT2D eigenvalue weighted by Gasteiger charge is 2.31. The van der Waals surface area contributed by atoms with Gasteiger partial charge in [0.05, 0.1) is 16.3 Å². The molecule has 0 saturated carbocycles. The van der Waals surface area contributed by atoms with Crippen LogP contribution >= 0.6 is 11.6 Å². The van der Waals surface area contributed by atoms with Crippen LogP contribution in [-0.2, 0) is 6.18 Å². The van der Waals surface area contributed by atoms with Crippen LogP contribution in [0.2, 0.25) is 5.02 Å². The molecule has 0 saturated heterocycles. The summed E-state index contributed by atoms with van der Waals surface area (Å²) in [6.45, 7) is 0. The number of carbonyl (C=O) groups excluding carboxylic acids is 1. The number of nitrogens with one attached hydrogen (secondary N) is 3. The van der Waals surface area contributed by atoms with Crippen LogP contribution in [0.1, 0.15) is 5.56 Å². The Morgan fingerprint density at radius 2 is 1.61 bits per heavy atom. The van der Waals surface area contributed by atoms with Gasteiger partial charge in [-0.05, 0) is 66.7 Å². The Morgan fingerprint density at radius 3 is 2.21 bits per heavy atom. The van der Waals surface area contributed by atoms with E-state index in [9.17, 15) is 18.0 Å². The highest BCUT2D eigenvalue weighted by molar-refractivity contribution is 6.33. The van der Waals surface area contributed by atoms with Crippen molar-refractivity contribution in [2.45, 2.75) is 6.18 Å². The molecule has 3 N–H and O–H groups in total. The largest absolute Gasteiger partial charge is 0.457 e. The minimum absolute atomic E-state index is 0.0139. The Kier molecular flexibility index (Phi) is 6.23. The third-order valence-corrected chi connectivity index (χ3v) is 4.85. The molecule has 0 atom stereocenters. The zero-order valence-electron chi connectivity index (χ0n) is 16.8. The van der Waals surface area contributed by atoms with E-state index in [1.54, 1.807) is 48.8 Å². The maximum Gasteiger partial charge on any atom is 0.416 e. The van der Waals surface area contributed by atoms with Gasteiger partial charge in [-0.15, -0.1) is 0 Å². The molecule has 1 aromatic heterocycles. The summed E-state index contributed by atoms with van der Waals surface area (Å²) in [5, 5.41) is 4.84. The number of urea groups is 1. The van der Waals surface area contributed by atoms with Crippen molar-refractivity contribution >= 4 is 29.0 Å². The zero-order chi connectivity index (χ0) is 23.4. The van der Waals surface area contributed by atoms with Crippen LogP contribution in [-0.4, -0.2) is 16.0 Å². The van der Waals surface area contributed by atoms with Crippen LogP contribution in [0.3, 0.4) is 0 Å². The number of hydrogen-bond acceptors (Lipinski definition) is 3. The predicted molar refractivity (Wildman–Crippen MR) is 120 cm³/mol. The van der Waals surface area contributed by atoms with Gasteiger partial charge in [0.2, 0.25) is 0 Å². The number of aromatic amines is 1. The number of aromatic nitrogens is 2. The highest BCUT2D eigenvalue weighted by Crippen LogP contribution is 2.34. The molecule has 3 aromatic carbocycles. The van der Waals surface area contributed by atoms with Crippen molar-refractivity contribution < 1.29 is 22.7 Å². The van der Waals surface area contributed by atoms with Crippen molar-refractivity contribution in [3.63, 3.8) is 0 Å². The van der Waals surface area contributed by atoms with E-state index in [2.05, 4.69) is 20.6 Å². The lowest BCUT2D eigenvalue weighted by Crippen LogP contribution is -2.20. The number of hydrogen-bond donors (Lipinski definition) is 3. The molecule has 168 valence electrons. The summed E-state index contributed by atoms with van der Waals surface area (Å²) in [6, 6.07) is 15.8. The molecule has 2 amide bonds. The van der Waals surface area contributed by atoms with Crippen molar-refractivity contribution in [1.29, 1.82) is 0 Å². The van der Waals surface area contributed by atoms with Crippen molar-refractivity contribution in [1.82, 2.24) is 9.97 Å². The molecule has 10 heteroatoms. The smallest absolute Gasteiger partial charge is 0.416 e. The van der Waals surface area contributed by atoms with Crippen LogP contribution in [0, 0.1) is 0 Å². The molecule has 6 nitrogen and oxygen atoms in total. The van der Waals surface area contributed by atoms with E-state index in [-0.39, 0.29) is 10.7 Å². The van der Waals surface area contributed by atoms with E-state index in [1.807, 2.05) is 12.1 Å². The molecule has 1 heterocycles. The quantitative estimate of drug-likeness (QED) is 0.288. The fourth-order valence-corrected chi connectivity index (χ4v) is 3.09. The molecule has 0 spiro atoms. The Labute approximate surface area is 191 Å². The Bertz CT molecular complexity index is 1240. The van der Waals surface area contributed by atoms with E-state index in [1.165, 1.54) is 0 Å². The fourth-order valence-electron chi connectivity index (χ4n) is 2.93. The SMILES string of the molecule is O=C(Nc1ccc(Oc2ccc(-c3ncc[nH]3)cc2)cc1)Nc1cc(C(F)(F)F)ccc1Cl. The van der Waals surface area contributed by atoms with Gasteiger partial charge in [0.15, 0.2) is 0 Å². The van der Waals surface area contributed by atoms with Gasteiger partial charge in [0, 0.05) is 23.6 Å². The standard InChI is InChI=1S/C23H16ClF3N4O2/c24-19-10-3-15(23(25,26)27)13-20(19)31-22(32)30-16-4-8-18(9-5-16)33-17-6-1-14(2-7-17)21-28-11-12-29-21/h1-13H,(H,28,29)(H2,30,31,32). The number of anilines is 2. The minimum atomic E-state index is -4.55. The van der Waals surface area contributed by atoms with Gasteiger partial charge in [-0.3, -0.25) is 0 Å². The number of imidazole rings is 1. The van der Waals surface area contributed by atoms with E-state index in [0.717, 1.165) is 29.6 Å². The number of halogens is 4. The number of ether oxygens (including phenoxy) is 1. The van der Waals surface area contributed by atoms with E-state index < -0.39 is 17.8 Å². The molecule has 0 bridgehead atoms. The van der Waals surface area contributed by atoms with Crippen LogP contribution < -0.4 is 15.4 Å². The molecule has 0 unspecified atom stereocenters. The van der Waals surface area contributed by atoms with Gasteiger partial charge in [0.25, 0.3) is 0 Å². The minimum Gasteiger partial charge on any atom is -0.457 e. The first-order chi connectivity index (χ1) is 15.8. The first-order valence-corrected chi connectivity index (χ1v) is 9.98. The molecule has 0 aliphatic rings. The van der Waals surface area contributed by atoms with Gasteiger partial charge < -0.3 is 20.4 Å². The maximum absolute atomic E-state index is 12.9. The number of benzene rings is 3. The van der Waals surface area contributed by atoms with Crippen LogP contribution in [0.5, 0.6) is 11.5 Å². The molecule has 4 rings (SSSR count). The first-order valence-electron chi connectivity index (χ1n) is 9.60. The van der Waals surface area contributed by atoms with Crippen LogP contribution in [0.15, 0.2) is 79.1 Å². The summed E-state index contributed by atoms with van der Waals surface area (Å²) >= 11 is 5.90. The number of H-pyrrole nitrogens is 1. The van der Waals surface area contributed by atoms with Gasteiger partial charge in [-0.1, -0.05) is 11.6 Å². The van der Waals surface area contributed by atoms with Crippen LogP contribution in [0.25, 0.3) is 11.4 Å². The summed E-state index contributed by atoms with van der Waals surface area (Å²) in [6.07, 6.45) is -1.14. The zero-order valence-corrected chi connectivity index (χ0v) is 17.5.